The third kappa shape index (κ3) is 5.35. The van der Waals surface area contributed by atoms with Crippen LogP contribution in [0.4, 0.5) is 26.3 Å². The van der Waals surface area contributed by atoms with E-state index in [1.54, 1.807) is 88.9 Å². The molecule has 1 aliphatic carbocycles. The van der Waals surface area contributed by atoms with Crippen molar-refractivity contribution < 1.29 is 35.9 Å². The molecule has 14 heteroatoms. The Bertz CT molecular complexity index is 2340. The highest BCUT2D eigenvalue weighted by Gasteiger charge is 2.80. The second-order valence-corrected chi connectivity index (χ2v) is 17.0. The number of hydrogen-bond donors (Lipinski definition) is 0. The number of hydrogen-bond acceptors (Lipinski definition) is 8. The van der Waals surface area contributed by atoms with Crippen LogP contribution in [0.1, 0.15) is 20.8 Å². The Kier molecular flexibility index (Phi) is 8.31. The molecular weight excluding hydrogens is 771 g/mol. The van der Waals surface area contributed by atoms with Crippen LogP contribution in [0.25, 0.3) is 50.2 Å². The van der Waals surface area contributed by atoms with Crippen LogP contribution >= 0.6 is 68.0 Å². The summed E-state index contributed by atoms with van der Waals surface area (Å²) in [5.74, 6) is -16.5. The summed E-state index contributed by atoms with van der Waals surface area (Å²) in [6.45, 7) is 0. The number of allylic oxidation sites excluding steroid dienone is 2. The minimum Gasteiger partial charge on any atom is -0.422 e. The van der Waals surface area contributed by atoms with E-state index in [1.807, 2.05) is 0 Å². The van der Waals surface area contributed by atoms with Gasteiger partial charge in [0.1, 0.15) is 10.6 Å². The Morgan fingerprint density at radius 2 is 1.02 bits per heavy atom. The molecule has 6 aromatic heterocycles. The van der Waals surface area contributed by atoms with Crippen LogP contribution in [0.2, 0.25) is 0 Å². The fourth-order valence-electron chi connectivity index (χ4n) is 5.66. The molecule has 0 N–H and O–H groups in total. The number of carbonyl (C=O) groups is 1. The second-order valence-electron chi connectivity index (χ2n) is 11.0. The Labute approximate surface area is 304 Å². The van der Waals surface area contributed by atoms with E-state index in [-0.39, 0.29) is 20.2 Å². The van der Waals surface area contributed by atoms with Gasteiger partial charge in [-0.3, -0.25) is 0 Å². The van der Waals surface area contributed by atoms with E-state index < -0.39 is 40.4 Å². The van der Waals surface area contributed by atoms with Crippen LogP contribution in [-0.2, 0) is 0 Å². The van der Waals surface area contributed by atoms with Crippen molar-refractivity contribution in [1.29, 1.82) is 0 Å². The maximum Gasteiger partial charge on any atom is 0.380 e. The number of carbonyl (C=O) groups excluding carboxylic acids is 1. The first-order chi connectivity index (χ1) is 24.0. The second kappa shape index (κ2) is 12.5. The molecule has 1 aliphatic rings. The van der Waals surface area contributed by atoms with Crippen LogP contribution in [0.15, 0.2) is 107 Å². The first-order valence-electron chi connectivity index (χ1n) is 14.6. The molecule has 0 bridgehead atoms. The first-order valence-corrected chi connectivity index (χ1v) is 19.7. The van der Waals surface area contributed by atoms with Gasteiger partial charge in [-0.1, -0.05) is 36.4 Å². The lowest BCUT2D eigenvalue weighted by atomic mass is 9.94. The van der Waals surface area contributed by atoms with Crippen molar-refractivity contribution in [3.8, 4) is 44.8 Å². The van der Waals surface area contributed by atoms with Crippen molar-refractivity contribution in [1.82, 2.24) is 0 Å². The summed E-state index contributed by atoms with van der Waals surface area (Å²) in [7, 11) is 0. The zero-order valence-electron chi connectivity index (χ0n) is 24.9. The van der Waals surface area contributed by atoms with Gasteiger partial charge in [-0.15, -0.1) is 68.0 Å². The van der Waals surface area contributed by atoms with Gasteiger partial charge >= 0.3 is 23.7 Å². The van der Waals surface area contributed by atoms with Crippen molar-refractivity contribution in [2.24, 2.45) is 0 Å². The zero-order valence-corrected chi connectivity index (χ0v) is 29.8. The highest BCUT2D eigenvalue weighted by Crippen LogP contribution is 2.67. The number of rotatable bonds is 8. The summed E-state index contributed by atoms with van der Waals surface area (Å²) < 4.78 is 102. The number of esters is 1. The Morgan fingerprint density at radius 1 is 0.520 bits per heavy atom. The normalized spacial score (nSPS) is 16.3. The number of halogens is 6. The van der Waals surface area contributed by atoms with Gasteiger partial charge in [0.05, 0.1) is 9.75 Å². The van der Waals surface area contributed by atoms with Gasteiger partial charge in [-0.25, -0.2) is 4.79 Å². The minimum atomic E-state index is -5.73. The largest absolute Gasteiger partial charge is 0.422 e. The Balaban J connectivity index is 1.34. The molecule has 8 rings (SSSR count). The van der Waals surface area contributed by atoms with Gasteiger partial charge in [-0.05, 0) is 70.7 Å². The van der Waals surface area contributed by atoms with E-state index in [0.29, 0.717) is 35.0 Å². The topological polar surface area (TPSA) is 26.3 Å². The lowest BCUT2D eigenvalue weighted by molar-refractivity contribution is -0.254. The number of para-hydroxylation sites is 1. The molecule has 0 saturated carbocycles. The maximum atomic E-state index is 16.3. The number of benzene rings is 1. The summed E-state index contributed by atoms with van der Waals surface area (Å²) in [5.41, 5.74) is -3.57. The van der Waals surface area contributed by atoms with E-state index in [1.165, 1.54) is 52.2 Å². The number of ether oxygens (including phenoxy) is 1. The molecule has 50 heavy (non-hydrogen) atoms. The first kappa shape index (κ1) is 33.4. The van der Waals surface area contributed by atoms with E-state index in [0.717, 1.165) is 34.0 Å². The molecule has 1 aromatic carbocycles. The summed E-state index contributed by atoms with van der Waals surface area (Å²) in [5, 5.41) is 5.18. The SMILES string of the molecule is O=C(Oc1ccccc1)c1ccc(-c2cc(C3=C(c4cc(-c5cccs5)sc4-c4cccs4)C(F)(F)C(F)(F)C3(F)F)c(-c3cccs3)s2)s1. The molecule has 0 atom stereocenters. The minimum absolute atomic E-state index is 0.142. The van der Waals surface area contributed by atoms with Crippen LogP contribution in [-0.4, -0.2) is 23.7 Å². The van der Waals surface area contributed by atoms with Crippen molar-refractivity contribution in [2.45, 2.75) is 17.8 Å². The summed E-state index contributed by atoms with van der Waals surface area (Å²) in [6, 6.07) is 24.3. The van der Waals surface area contributed by atoms with Crippen LogP contribution < -0.4 is 4.74 Å². The molecule has 0 unspecified atom stereocenters. The van der Waals surface area contributed by atoms with E-state index >= 15 is 26.3 Å². The predicted octanol–water partition coefficient (Wildman–Crippen LogP) is 13.8. The average molecular weight is 789 g/mol. The van der Waals surface area contributed by atoms with Crippen LogP contribution in [0.5, 0.6) is 5.75 Å². The summed E-state index contributed by atoms with van der Waals surface area (Å²) >= 11 is 6.82. The summed E-state index contributed by atoms with van der Waals surface area (Å²) in [6.07, 6.45) is 0. The predicted molar refractivity (Wildman–Crippen MR) is 195 cm³/mol. The van der Waals surface area contributed by atoms with Gasteiger partial charge in [-0.2, -0.15) is 26.3 Å². The molecule has 0 amide bonds. The van der Waals surface area contributed by atoms with E-state index in [2.05, 4.69) is 0 Å². The third-order valence-corrected chi connectivity index (χ3v) is 14.6. The van der Waals surface area contributed by atoms with Gasteiger partial charge in [0, 0.05) is 51.5 Å². The van der Waals surface area contributed by atoms with Gasteiger partial charge < -0.3 is 4.74 Å². The van der Waals surface area contributed by atoms with Gasteiger partial charge in [0.25, 0.3) is 0 Å². The van der Waals surface area contributed by atoms with Gasteiger partial charge in [0.15, 0.2) is 0 Å². The Hall–Kier alpha value is -3.79. The molecule has 7 aromatic rings. The zero-order chi connectivity index (χ0) is 34.8. The van der Waals surface area contributed by atoms with Crippen molar-refractivity contribution in [3.63, 3.8) is 0 Å². The fourth-order valence-corrected chi connectivity index (χ4v) is 11.5. The quantitative estimate of drug-likeness (QED) is 0.0871. The molecule has 2 nitrogen and oxygen atoms in total. The fraction of sp³-hybridized carbons (Fsp3) is 0.0833. The molecule has 0 radical (unpaired) electrons. The molecule has 0 aliphatic heterocycles. The number of alkyl halides is 6. The molecular formula is C36H18F6O2S6. The molecule has 252 valence electrons. The van der Waals surface area contributed by atoms with E-state index in [9.17, 15) is 4.79 Å². The Morgan fingerprint density at radius 3 is 1.52 bits per heavy atom. The standard InChI is InChI=1S/C36H18F6O2S6/c37-34(38)29(20-17-27(22-9-4-14-45-22)49-31(20)24-10-5-15-46-24)30(35(39,40)36(34,41)42)21-18-28(50-32(21)25-11-6-16-47-25)23-12-13-26(48-23)33(43)44-19-7-2-1-3-8-19/h1-18H. The van der Waals surface area contributed by atoms with Crippen molar-refractivity contribution in [2.75, 3.05) is 0 Å². The van der Waals surface area contributed by atoms with E-state index in [4.69, 9.17) is 4.74 Å². The average Bonchev–Trinajstić information content (AvgIpc) is 3.94. The smallest absolute Gasteiger partial charge is 0.380 e. The maximum absolute atomic E-state index is 16.3. The van der Waals surface area contributed by atoms with Gasteiger partial charge in [0.2, 0.25) is 0 Å². The lowest BCUT2D eigenvalue weighted by Crippen LogP contribution is -2.48. The summed E-state index contributed by atoms with van der Waals surface area (Å²) in [4.78, 5) is 16.4. The number of thiophene rings is 6. The molecule has 0 fully saturated rings. The third-order valence-electron chi connectivity index (χ3n) is 7.93. The molecule has 6 heterocycles. The van der Waals surface area contributed by atoms with Crippen molar-refractivity contribution in [3.05, 3.63) is 123 Å². The lowest BCUT2D eigenvalue weighted by Gasteiger charge is -2.25. The van der Waals surface area contributed by atoms with Crippen molar-refractivity contribution >= 4 is 85.1 Å². The van der Waals surface area contributed by atoms with Crippen LogP contribution in [0, 0.1) is 0 Å². The monoisotopic (exact) mass is 788 g/mol. The van der Waals surface area contributed by atoms with Crippen LogP contribution in [0.3, 0.4) is 0 Å². The highest BCUT2D eigenvalue weighted by atomic mass is 32.1. The highest BCUT2D eigenvalue weighted by molar-refractivity contribution is 7.27. The molecule has 0 saturated heterocycles. The molecule has 0 spiro atoms.